The Morgan fingerprint density at radius 1 is 1.13 bits per heavy atom. The normalized spacial score (nSPS) is 16.8. The van der Waals surface area contributed by atoms with Crippen LogP contribution in [0.15, 0.2) is 23.2 Å². The summed E-state index contributed by atoms with van der Waals surface area (Å²) in [6.07, 6.45) is 2.30. The van der Waals surface area contributed by atoms with Gasteiger partial charge in [-0.15, -0.1) is 0 Å². The predicted molar refractivity (Wildman–Crippen MR) is 123 cm³/mol. The summed E-state index contributed by atoms with van der Waals surface area (Å²) in [6.45, 7) is 11.8. The van der Waals surface area contributed by atoms with Gasteiger partial charge >= 0.3 is 0 Å². The Morgan fingerprint density at radius 2 is 1.83 bits per heavy atom. The van der Waals surface area contributed by atoms with Gasteiger partial charge < -0.3 is 24.8 Å². The van der Waals surface area contributed by atoms with Gasteiger partial charge in [-0.2, -0.15) is 0 Å². The van der Waals surface area contributed by atoms with E-state index in [1.165, 1.54) is 12.0 Å². The second-order valence-corrected chi connectivity index (χ2v) is 8.82. The molecule has 1 unspecified atom stereocenters. The molecule has 1 heterocycles. The Labute approximate surface area is 182 Å². The molecule has 0 radical (unpaired) electrons. The molecule has 7 nitrogen and oxygen atoms in total. The summed E-state index contributed by atoms with van der Waals surface area (Å²) in [7, 11) is 5.15. The van der Waals surface area contributed by atoms with Crippen LogP contribution in [0.2, 0.25) is 0 Å². The Hall–Kier alpha value is -1.99. The van der Waals surface area contributed by atoms with Crippen LogP contribution in [0.5, 0.6) is 11.5 Å². The number of methoxy groups -OCH3 is 2. The minimum Gasteiger partial charge on any atom is -0.493 e. The molecule has 1 aliphatic heterocycles. The van der Waals surface area contributed by atoms with E-state index in [4.69, 9.17) is 14.2 Å². The van der Waals surface area contributed by atoms with Crippen molar-refractivity contribution in [3.05, 3.63) is 23.8 Å². The summed E-state index contributed by atoms with van der Waals surface area (Å²) in [5, 5.41) is 6.96. The van der Waals surface area contributed by atoms with E-state index in [0.29, 0.717) is 5.41 Å². The summed E-state index contributed by atoms with van der Waals surface area (Å²) in [5.41, 5.74) is 1.54. The molecule has 7 heteroatoms. The van der Waals surface area contributed by atoms with Crippen molar-refractivity contribution in [2.45, 2.75) is 39.7 Å². The number of morpholine rings is 1. The third-order valence-electron chi connectivity index (χ3n) is 5.36. The average molecular weight is 421 g/mol. The largest absolute Gasteiger partial charge is 0.493 e. The molecular weight excluding hydrogens is 380 g/mol. The molecule has 30 heavy (non-hydrogen) atoms. The number of hydrogen-bond acceptors (Lipinski definition) is 5. The molecule has 0 amide bonds. The van der Waals surface area contributed by atoms with Gasteiger partial charge in [-0.1, -0.05) is 26.8 Å². The predicted octanol–water partition coefficient (Wildman–Crippen LogP) is 3.07. The van der Waals surface area contributed by atoms with Gasteiger partial charge in [0.25, 0.3) is 0 Å². The number of guanidine groups is 1. The maximum absolute atomic E-state index is 5.56. The lowest BCUT2D eigenvalue weighted by Crippen LogP contribution is -2.46. The highest BCUT2D eigenvalue weighted by atomic mass is 16.5. The molecule has 1 atom stereocenters. The fourth-order valence-corrected chi connectivity index (χ4v) is 3.65. The van der Waals surface area contributed by atoms with E-state index >= 15 is 0 Å². The third kappa shape index (κ3) is 7.69. The van der Waals surface area contributed by atoms with Crippen LogP contribution in [0.3, 0.4) is 0 Å². The van der Waals surface area contributed by atoms with Gasteiger partial charge in [0.05, 0.1) is 33.5 Å². The molecular formula is C23H40N4O3. The SMILES string of the molecule is CN=C(NCCCC(C)(C)C)NCC(c1ccc(OC)c(OC)c1)N1CCOCC1. The smallest absolute Gasteiger partial charge is 0.191 e. The molecule has 170 valence electrons. The molecule has 1 saturated heterocycles. The number of hydrogen-bond donors (Lipinski definition) is 2. The standard InChI is InChI=1S/C23H40N4O3/c1-23(2,3)10-7-11-25-22(24-4)26-17-19(27-12-14-30-15-13-27)18-8-9-20(28-5)21(16-18)29-6/h8-9,16,19H,7,10-15,17H2,1-6H3,(H2,24,25,26). The van der Waals surface area contributed by atoms with Crippen LogP contribution in [0.4, 0.5) is 0 Å². The maximum Gasteiger partial charge on any atom is 0.191 e. The fourth-order valence-electron chi connectivity index (χ4n) is 3.65. The van der Waals surface area contributed by atoms with Gasteiger partial charge in [-0.25, -0.2) is 0 Å². The van der Waals surface area contributed by atoms with E-state index in [1.807, 2.05) is 13.1 Å². The molecule has 0 aliphatic carbocycles. The van der Waals surface area contributed by atoms with Gasteiger partial charge in [-0.3, -0.25) is 9.89 Å². The Kier molecular flexibility index (Phi) is 9.72. The summed E-state index contributed by atoms with van der Waals surface area (Å²) < 4.78 is 16.5. The second-order valence-electron chi connectivity index (χ2n) is 8.82. The number of nitrogens with one attached hydrogen (secondary N) is 2. The lowest BCUT2D eigenvalue weighted by Gasteiger charge is -2.35. The first-order chi connectivity index (χ1) is 14.4. The zero-order valence-corrected chi connectivity index (χ0v) is 19.6. The third-order valence-corrected chi connectivity index (χ3v) is 5.36. The van der Waals surface area contributed by atoms with Crippen molar-refractivity contribution in [2.75, 3.05) is 60.7 Å². The molecule has 0 saturated carbocycles. The monoisotopic (exact) mass is 420 g/mol. The molecule has 1 aromatic carbocycles. The van der Waals surface area contributed by atoms with Crippen LogP contribution in [0.25, 0.3) is 0 Å². The minimum atomic E-state index is 0.182. The molecule has 1 aliphatic rings. The number of nitrogens with zero attached hydrogens (tertiary/aromatic N) is 2. The topological polar surface area (TPSA) is 67.4 Å². The first kappa shape index (κ1) is 24.3. The molecule has 1 aromatic rings. The molecule has 1 fully saturated rings. The van der Waals surface area contributed by atoms with E-state index in [9.17, 15) is 0 Å². The number of benzene rings is 1. The highest BCUT2D eigenvalue weighted by Gasteiger charge is 2.24. The van der Waals surface area contributed by atoms with Gasteiger partial charge in [-0.05, 0) is 36.0 Å². The molecule has 2 rings (SSSR count). The van der Waals surface area contributed by atoms with Crippen LogP contribution in [-0.2, 0) is 4.74 Å². The van der Waals surface area contributed by atoms with Gasteiger partial charge in [0.15, 0.2) is 17.5 Å². The average Bonchev–Trinajstić information content (AvgIpc) is 2.75. The Bertz CT molecular complexity index is 667. The van der Waals surface area contributed by atoms with E-state index in [-0.39, 0.29) is 6.04 Å². The second kappa shape index (κ2) is 12.0. The zero-order chi connectivity index (χ0) is 22.0. The summed E-state index contributed by atoms with van der Waals surface area (Å²) in [4.78, 5) is 6.85. The molecule has 2 N–H and O–H groups in total. The van der Waals surface area contributed by atoms with E-state index in [1.54, 1.807) is 14.2 Å². The number of aliphatic imine (C=N–C) groups is 1. The van der Waals surface area contributed by atoms with Crippen molar-refractivity contribution < 1.29 is 14.2 Å². The van der Waals surface area contributed by atoms with Crippen molar-refractivity contribution in [1.29, 1.82) is 0 Å². The summed E-state index contributed by atoms with van der Waals surface area (Å²) in [6, 6.07) is 6.34. The van der Waals surface area contributed by atoms with E-state index in [0.717, 1.165) is 63.3 Å². The van der Waals surface area contributed by atoms with Crippen molar-refractivity contribution in [3.8, 4) is 11.5 Å². The lowest BCUT2D eigenvalue weighted by atomic mass is 9.91. The van der Waals surface area contributed by atoms with Crippen molar-refractivity contribution in [3.63, 3.8) is 0 Å². The summed E-state index contributed by atoms with van der Waals surface area (Å²) in [5.74, 6) is 2.33. The van der Waals surface area contributed by atoms with Gasteiger partial charge in [0.2, 0.25) is 0 Å². The van der Waals surface area contributed by atoms with Crippen molar-refractivity contribution in [1.82, 2.24) is 15.5 Å². The van der Waals surface area contributed by atoms with Crippen molar-refractivity contribution >= 4 is 5.96 Å². The first-order valence-corrected chi connectivity index (χ1v) is 10.9. The lowest BCUT2D eigenvalue weighted by molar-refractivity contribution is 0.0169. The minimum absolute atomic E-state index is 0.182. The van der Waals surface area contributed by atoms with Gasteiger partial charge in [0, 0.05) is 33.2 Å². The van der Waals surface area contributed by atoms with Gasteiger partial charge in [0.1, 0.15) is 0 Å². The Balaban J connectivity index is 2.04. The maximum atomic E-state index is 5.56. The quantitative estimate of drug-likeness (QED) is 0.364. The number of rotatable bonds is 9. The van der Waals surface area contributed by atoms with Crippen molar-refractivity contribution in [2.24, 2.45) is 10.4 Å². The Morgan fingerprint density at radius 3 is 2.43 bits per heavy atom. The van der Waals surface area contributed by atoms with E-state index in [2.05, 4.69) is 53.4 Å². The zero-order valence-electron chi connectivity index (χ0n) is 19.6. The van der Waals surface area contributed by atoms with Crippen LogP contribution in [0, 0.1) is 5.41 Å². The van der Waals surface area contributed by atoms with Crippen LogP contribution in [-0.4, -0.2) is 71.5 Å². The number of ether oxygens (including phenoxy) is 3. The summed E-state index contributed by atoms with van der Waals surface area (Å²) >= 11 is 0. The van der Waals surface area contributed by atoms with E-state index < -0.39 is 0 Å². The highest BCUT2D eigenvalue weighted by molar-refractivity contribution is 5.79. The van der Waals surface area contributed by atoms with Crippen LogP contribution < -0.4 is 20.1 Å². The highest BCUT2D eigenvalue weighted by Crippen LogP contribution is 2.32. The van der Waals surface area contributed by atoms with Crippen LogP contribution in [0.1, 0.15) is 45.2 Å². The molecule has 0 spiro atoms. The first-order valence-electron chi connectivity index (χ1n) is 10.9. The van der Waals surface area contributed by atoms with Crippen LogP contribution >= 0.6 is 0 Å². The molecule has 0 aromatic heterocycles. The molecule has 0 bridgehead atoms. The fraction of sp³-hybridized carbons (Fsp3) is 0.696.